The third-order valence-electron chi connectivity index (χ3n) is 2.25. The summed E-state index contributed by atoms with van der Waals surface area (Å²) in [5.41, 5.74) is 7.23. The topological polar surface area (TPSA) is 52.0 Å². The summed E-state index contributed by atoms with van der Waals surface area (Å²) in [7, 11) is 0. The number of nitrogens with zero attached hydrogens (tertiary/aromatic N) is 1. The van der Waals surface area contributed by atoms with E-state index in [0.29, 0.717) is 5.13 Å². The molecule has 2 heterocycles. The van der Waals surface area contributed by atoms with Crippen LogP contribution in [-0.4, -0.2) is 4.98 Å². The van der Waals surface area contributed by atoms with E-state index in [0.717, 1.165) is 26.9 Å². The van der Waals surface area contributed by atoms with Crippen molar-refractivity contribution < 1.29 is 4.42 Å². The first-order valence-corrected chi connectivity index (χ1v) is 6.30. The fraction of sp³-hybridized carbons (Fsp3) is 0. The van der Waals surface area contributed by atoms with Crippen LogP contribution in [0.1, 0.15) is 0 Å². The number of hydrogen-bond acceptors (Lipinski definition) is 4. The lowest BCUT2D eigenvalue weighted by Gasteiger charge is -1.88. The molecule has 0 aliphatic carbocycles. The highest BCUT2D eigenvalue weighted by molar-refractivity contribution is 9.10. The van der Waals surface area contributed by atoms with Gasteiger partial charge in [-0.3, -0.25) is 0 Å². The minimum atomic E-state index is 0.552. The van der Waals surface area contributed by atoms with E-state index in [2.05, 4.69) is 20.9 Å². The summed E-state index contributed by atoms with van der Waals surface area (Å²) in [4.78, 5) is 4.19. The predicted octanol–water partition coefficient (Wildman–Crippen LogP) is 3.90. The fourth-order valence-corrected chi connectivity index (χ4v) is 2.47. The van der Waals surface area contributed by atoms with E-state index in [-0.39, 0.29) is 0 Å². The Labute approximate surface area is 104 Å². The van der Waals surface area contributed by atoms with Crippen molar-refractivity contribution in [2.24, 2.45) is 0 Å². The first kappa shape index (κ1) is 9.86. The average Bonchev–Trinajstić information content (AvgIpc) is 2.83. The molecule has 3 nitrogen and oxygen atoms in total. The Bertz CT molecular complexity index is 659. The van der Waals surface area contributed by atoms with Gasteiger partial charge in [0.2, 0.25) is 0 Å². The molecule has 80 valence electrons. The smallest absolute Gasteiger partial charge is 0.180 e. The molecular formula is C11H7BrN2OS. The number of thiazole rings is 1. The van der Waals surface area contributed by atoms with Crippen molar-refractivity contribution in [3.8, 4) is 11.5 Å². The second-order valence-corrected chi connectivity index (χ2v) is 5.17. The lowest BCUT2D eigenvalue weighted by Crippen LogP contribution is -1.81. The number of rotatable bonds is 1. The van der Waals surface area contributed by atoms with Gasteiger partial charge < -0.3 is 10.2 Å². The highest BCUT2D eigenvalue weighted by Gasteiger charge is 2.09. The Kier molecular flexibility index (Phi) is 2.22. The molecule has 5 heteroatoms. The number of fused-ring (bicyclic) bond motifs is 1. The Morgan fingerprint density at radius 2 is 2.19 bits per heavy atom. The molecule has 1 aromatic carbocycles. The Morgan fingerprint density at radius 1 is 1.31 bits per heavy atom. The molecule has 0 aliphatic rings. The number of aromatic nitrogens is 1. The van der Waals surface area contributed by atoms with E-state index in [1.54, 1.807) is 0 Å². The number of nitrogen functional groups attached to an aromatic ring is 1. The molecule has 0 amide bonds. The van der Waals surface area contributed by atoms with Gasteiger partial charge in [-0.05, 0) is 24.3 Å². The lowest BCUT2D eigenvalue weighted by molar-refractivity contribution is 0.629. The van der Waals surface area contributed by atoms with E-state index >= 15 is 0 Å². The highest BCUT2D eigenvalue weighted by Crippen LogP contribution is 2.30. The van der Waals surface area contributed by atoms with E-state index < -0.39 is 0 Å². The van der Waals surface area contributed by atoms with Crippen LogP contribution < -0.4 is 5.73 Å². The number of furan rings is 1. The molecule has 0 atom stereocenters. The summed E-state index contributed by atoms with van der Waals surface area (Å²) >= 11 is 4.84. The first-order chi connectivity index (χ1) is 7.72. The highest BCUT2D eigenvalue weighted by atomic mass is 79.9. The molecule has 16 heavy (non-hydrogen) atoms. The number of nitrogens with two attached hydrogens (primary N) is 1. The molecule has 0 unspecified atom stereocenters. The molecular weight excluding hydrogens is 288 g/mol. The summed E-state index contributed by atoms with van der Waals surface area (Å²) in [5, 5.41) is 3.50. The number of halogens is 1. The van der Waals surface area contributed by atoms with Gasteiger partial charge in [0, 0.05) is 15.2 Å². The van der Waals surface area contributed by atoms with E-state index in [1.165, 1.54) is 11.3 Å². The number of benzene rings is 1. The minimum Gasteiger partial charge on any atom is -0.454 e. The van der Waals surface area contributed by atoms with Crippen LogP contribution >= 0.6 is 27.3 Å². The van der Waals surface area contributed by atoms with Crippen molar-refractivity contribution in [1.29, 1.82) is 0 Å². The fourth-order valence-electron chi connectivity index (χ4n) is 1.54. The summed E-state index contributed by atoms with van der Waals surface area (Å²) in [6, 6.07) is 7.86. The molecule has 2 aromatic heterocycles. The van der Waals surface area contributed by atoms with Crippen LogP contribution in [0.2, 0.25) is 0 Å². The van der Waals surface area contributed by atoms with Gasteiger partial charge in [-0.25, -0.2) is 4.98 Å². The Hall–Kier alpha value is -1.33. The second kappa shape index (κ2) is 3.61. The van der Waals surface area contributed by atoms with Gasteiger partial charge in [-0.2, -0.15) is 0 Å². The zero-order chi connectivity index (χ0) is 11.1. The summed E-state index contributed by atoms with van der Waals surface area (Å²) in [6.07, 6.45) is 0. The van der Waals surface area contributed by atoms with Crippen LogP contribution in [0.3, 0.4) is 0 Å². The molecule has 0 radical (unpaired) electrons. The minimum absolute atomic E-state index is 0.552. The Balaban J connectivity index is 2.18. The van der Waals surface area contributed by atoms with Crippen LogP contribution in [0, 0.1) is 0 Å². The molecule has 0 saturated carbocycles. The van der Waals surface area contributed by atoms with Crippen molar-refractivity contribution in [2.45, 2.75) is 0 Å². The first-order valence-electron chi connectivity index (χ1n) is 4.63. The standard InChI is InChI=1S/C11H7BrN2OS/c12-7-1-2-9-6(3-7)4-10(15-9)8-5-16-11(13)14-8/h1-5H,(H2,13,14). The van der Waals surface area contributed by atoms with Crippen molar-refractivity contribution in [3.63, 3.8) is 0 Å². The third-order valence-corrected chi connectivity index (χ3v) is 3.42. The van der Waals surface area contributed by atoms with Gasteiger partial charge >= 0.3 is 0 Å². The number of anilines is 1. The van der Waals surface area contributed by atoms with Gasteiger partial charge in [0.05, 0.1) is 0 Å². The van der Waals surface area contributed by atoms with E-state index in [1.807, 2.05) is 29.6 Å². The molecule has 0 aliphatic heterocycles. The van der Waals surface area contributed by atoms with Gasteiger partial charge in [-0.15, -0.1) is 11.3 Å². The maximum Gasteiger partial charge on any atom is 0.180 e. The van der Waals surface area contributed by atoms with Gasteiger partial charge in [0.25, 0.3) is 0 Å². The zero-order valence-corrected chi connectivity index (χ0v) is 10.5. The van der Waals surface area contributed by atoms with Crippen LogP contribution in [0.5, 0.6) is 0 Å². The van der Waals surface area contributed by atoms with Crippen molar-refractivity contribution in [1.82, 2.24) is 4.98 Å². The molecule has 2 N–H and O–H groups in total. The quantitative estimate of drug-likeness (QED) is 0.740. The molecule has 3 aromatic rings. The monoisotopic (exact) mass is 294 g/mol. The van der Waals surface area contributed by atoms with Crippen LogP contribution in [-0.2, 0) is 0 Å². The second-order valence-electron chi connectivity index (χ2n) is 3.36. The average molecular weight is 295 g/mol. The van der Waals surface area contributed by atoms with Gasteiger partial charge in [0.15, 0.2) is 10.9 Å². The lowest BCUT2D eigenvalue weighted by atomic mass is 10.2. The molecule has 3 rings (SSSR count). The van der Waals surface area contributed by atoms with Crippen LogP contribution in [0.4, 0.5) is 5.13 Å². The SMILES string of the molecule is Nc1nc(-c2cc3cc(Br)ccc3o2)cs1. The predicted molar refractivity (Wildman–Crippen MR) is 69.4 cm³/mol. The summed E-state index contributed by atoms with van der Waals surface area (Å²) in [5.74, 6) is 0.751. The normalized spacial score (nSPS) is 11.1. The molecule has 0 spiro atoms. The maximum absolute atomic E-state index is 5.69. The summed E-state index contributed by atoms with van der Waals surface area (Å²) < 4.78 is 6.72. The van der Waals surface area contributed by atoms with Crippen molar-refractivity contribution >= 4 is 43.4 Å². The number of hydrogen-bond donors (Lipinski definition) is 1. The molecule has 0 fully saturated rings. The Morgan fingerprint density at radius 3 is 2.94 bits per heavy atom. The van der Waals surface area contributed by atoms with Gasteiger partial charge in [-0.1, -0.05) is 15.9 Å². The van der Waals surface area contributed by atoms with Crippen molar-refractivity contribution in [2.75, 3.05) is 5.73 Å². The largest absolute Gasteiger partial charge is 0.454 e. The third kappa shape index (κ3) is 1.62. The summed E-state index contributed by atoms with van der Waals surface area (Å²) in [6.45, 7) is 0. The van der Waals surface area contributed by atoms with Crippen molar-refractivity contribution in [3.05, 3.63) is 34.1 Å². The van der Waals surface area contributed by atoms with Crippen LogP contribution in [0.15, 0.2) is 38.5 Å². The molecule has 0 bridgehead atoms. The van der Waals surface area contributed by atoms with Crippen LogP contribution in [0.25, 0.3) is 22.4 Å². The van der Waals surface area contributed by atoms with Gasteiger partial charge in [0.1, 0.15) is 11.3 Å². The zero-order valence-electron chi connectivity index (χ0n) is 8.11. The maximum atomic E-state index is 5.69. The molecule has 0 saturated heterocycles. The van der Waals surface area contributed by atoms with E-state index in [4.69, 9.17) is 10.2 Å². The van der Waals surface area contributed by atoms with E-state index in [9.17, 15) is 0 Å².